The van der Waals surface area contributed by atoms with Crippen LogP contribution >= 0.6 is 11.6 Å². The van der Waals surface area contributed by atoms with Gasteiger partial charge in [0.2, 0.25) is 0 Å². The molecule has 1 aliphatic heterocycles. The molecular weight excluding hydrogens is 364 g/mol. The van der Waals surface area contributed by atoms with Gasteiger partial charge in [-0.2, -0.15) is 0 Å². The molecule has 2 amide bonds. The summed E-state index contributed by atoms with van der Waals surface area (Å²) >= 11 is 6.10. The summed E-state index contributed by atoms with van der Waals surface area (Å²) in [6.07, 6.45) is 0. The van der Waals surface area contributed by atoms with Gasteiger partial charge in [0, 0.05) is 11.1 Å². The topological polar surface area (TPSA) is 58.6 Å². The van der Waals surface area contributed by atoms with Crippen LogP contribution in [-0.4, -0.2) is 29.9 Å². The molecule has 3 rings (SSSR count). The Labute approximate surface area is 163 Å². The van der Waals surface area contributed by atoms with Crippen molar-refractivity contribution < 1.29 is 14.3 Å². The number of imide groups is 1. The number of nitrogens with one attached hydrogen (secondary N) is 1. The number of hydrogen-bond donors (Lipinski definition) is 1. The fourth-order valence-electron chi connectivity index (χ4n) is 3.03. The van der Waals surface area contributed by atoms with Crippen molar-refractivity contribution in [1.29, 1.82) is 0 Å². The summed E-state index contributed by atoms with van der Waals surface area (Å²) in [6, 6.07) is 12.3. The molecule has 0 aliphatic carbocycles. The number of methoxy groups -OCH3 is 1. The fraction of sp³-hybridized carbons (Fsp3) is 0.238. The summed E-state index contributed by atoms with van der Waals surface area (Å²) in [6.45, 7) is 5.59. The number of carbonyl (C=O) groups excluding carboxylic acids is 2. The van der Waals surface area contributed by atoms with E-state index in [1.54, 1.807) is 18.2 Å². The highest BCUT2D eigenvalue weighted by atomic mass is 35.5. The van der Waals surface area contributed by atoms with Gasteiger partial charge in [0.1, 0.15) is 11.4 Å². The number of hydrogen-bond acceptors (Lipinski definition) is 4. The van der Waals surface area contributed by atoms with Crippen molar-refractivity contribution in [3.63, 3.8) is 0 Å². The van der Waals surface area contributed by atoms with Gasteiger partial charge in [0.15, 0.2) is 0 Å². The largest absolute Gasteiger partial charge is 0.495 e. The molecule has 0 saturated heterocycles. The lowest BCUT2D eigenvalue weighted by Gasteiger charge is -2.19. The SMILES string of the molecule is COc1ccc(Cl)cc1NC1=C(c2ccc(C)cc2)C(=O)N(C(C)C)C1=O. The van der Waals surface area contributed by atoms with E-state index in [0.717, 1.165) is 5.56 Å². The number of amides is 2. The first kappa shape index (κ1) is 19.0. The van der Waals surface area contributed by atoms with Crippen LogP contribution in [-0.2, 0) is 9.59 Å². The molecule has 0 bridgehead atoms. The molecule has 2 aromatic rings. The number of halogens is 1. The Kier molecular flexibility index (Phi) is 5.24. The normalized spacial score (nSPS) is 14.4. The van der Waals surface area contributed by atoms with Gasteiger partial charge in [0.05, 0.1) is 18.4 Å². The second-order valence-corrected chi connectivity index (χ2v) is 7.10. The maximum Gasteiger partial charge on any atom is 0.278 e. The minimum absolute atomic E-state index is 0.220. The highest BCUT2D eigenvalue weighted by Crippen LogP contribution is 2.35. The van der Waals surface area contributed by atoms with Gasteiger partial charge in [-0.15, -0.1) is 0 Å². The molecule has 0 fully saturated rings. The van der Waals surface area contributed by atoms with Gasteiger partial charge < -0.3 is 10.1 Å². The molecule has 0 atom stereocenters. The Bertz CT molecular complexity index is 933. The van der Waals surface area contributed by atoms with E-state index in [-0.39, 0.29) is 23.6 Å². The summed E-state index contributed by atoms with van der Waals surface area (Å²) < 4.78 is 5.35. The van der Waals surface area contributed by atoms with Gasteiger partial charge >= 0.3 is 0 Å². The highest BCUT2D eigenvalue weighted by Gasteiger charge is 2.40. The van der Waals surface area contributed by atoms with Crippen LogP contribution < -0.4 is 10.1 Å². The zero-order chi connectivity index (χ0) is 19.7. The Morgan fingerprint density at radius 3 is 2.30 bits per heavy atom. The van der Waals surface area contributed by atoms with Crippen molar-refractivity contribution >= 4 is 34.7 Å². The van der Waals surface area contributed by atoms with Crippen molar-refractivity contribution in [2.75, 3.05) is 12.4 Å². The van der Waals surface area contributed by atoms with Crippen LogP contribution in [0.15, 0.2) is 48.2 Å². The van der Waals surface area contributed by atoms with Gasteiger partial charge in [-0.1, -0.05) is 41.4 Å². The number of nitrogens with zero attached hydrogens (tertiary/aromatic N) is 1. The highest BCUT2D eigenvalue weighted by molar-refractivity contribution is 6.37. The first-order valence-electron chi connectivity index (χ1n) is 8.63. The molecule has 0 aromatic heterocycles. The van der Waals surface area contributed by atoms with Crippen LogP contribution in [0.25, 0.3) is 5.57 Å². The molecule has 2 aromatic carbocycles. The van der Waals surface area contributed by atoms with Crippen molar-refractivity contribution in [3.05, 3.63) is 64.3 Å². The van der Waals surface area contributed by atoms with Crippen LogP contribution in [0.4, 0.5) is 5.69 Å². The molecular formula is C21H21ClN2O3. The summed E-state index contributed by atoms with van der Waals surface area (Å²) in [4.78, 5) is 27.3. The Morgan fingerprint density at radius 2 is 1.70 bits per heavy atom. The Hall–Kier alpha value is -2.79. The smallest absolute Gasteiger partial charge is 0.278 e. The van der Waals surface area contributed by atoms with Crippen molar-refractivity contribution in [2.45, 2.75) is 26.8 Å². The van der Waals surface area contributed by atoms with E-state index in [0.29, 0.717) is 27.6 Å². The Balaban J connectivity index is 2.14. The van der Waals surface area contributed by atoms with Crippen LogP contribution in [0.1, 0.15) is 25.0 Å². The first-order chi connectivity index (χ1) is 12.8. The molecule has 27 heavy (non-hydrogen) atoms. The molecule has 140 valence electrons. The maximum absolute atomic E-state index is 13.0. The van der Waals surface area contributed by atoms with E-state index in [1.165, 1.54) is 12.0 Å². The van der Waals surface area contributed by atoms with Crippen molar-refractivity contribution in [2.24, 2.45) is 0 Å². The van der Waals surface area contributed by atoms with Crippen LogP contribution in [0, 0.1) is 6.92 Å². The minimum Gasteiger partial charge on any atom is -0.495 e. The second-order valence-electron chi connectivity index (χ2n) is 6.66. The number of carbonyl (C=O) groups is 2. The lowest BCUT2D eigenvalue weighted by atomic mass is 10.0. The van der Waals surface area contributed by atoms with Gasteiger partial charge in [-0.3, -0.25) is 14.5 Å². The predicted octanol–water partition coefficient (Wildman–Crippen LogP) is 4.26. The number of anilines is 1. The fourth-order valence-corrected chi connectivity index (χ4v) is 3.20. The first-order valence-corrected chi connectivity index (χ1v) is 9.01. The predicted molar refractivity (Wildman–Crippen MR) is 107 cm³/mol. The third kappa shape index (κ3) is 3.55. The number of benzene rings is 2. The second kappa shape index (κ2) is 7.45. The summed E-state index contributed by atoms with van der Waals surface area (Å²) in [5.41, 5.74) is 2.85. The average molecular weight is 385 g/mol. The van der Waals surface area contributed by atoms with Crippen molar-refractivity contribution in [1.82, 2.24) is 4.90 Å². The molecule has 0 spiro atoms. The van der Waals surface area contributed by atoms with E-state index < -0.39 is 0 Å². The standard InChI is InChI=1S/C21H21ClN2O3/c1-12(2)24-20(25)18(14-7-5-13(3)6-8-14)19(21(24)26)23-16-11-15(22)9-10-17(16)27-4/h5-12,23H,1-4H3. The molecule has 0 unspecified atom stereocenters. The van der Waals surface area contributed by atoms with Gasteiger partial charge in [-0.25, -0.2) is 0 Å². The van der Waals surface area contributed by atoms with E-state index in [2.05, 4.69) is 5.32 Å². The van der Waals surface area contributed by atoms with E-state index >= 15 is 0 Å². The van der Waals surface area contributed by atoms with E-state index in [1.807, 2.05) is 45.0 Å². The van der Waals surface area contributed by atoms with Gasteiger partial charge in [0.25, 0.3) is 11.8 Å². The molecule has 5 nitrogen and oxygen atoms in total. The Morgan fingerprint density at radius 1 is 1.04 bits per heavy atom. The molecule has 1 heterocycles. The third-order valence-electron chi connectivity index (χ3n) is 4.39. The molecule has 1 N–H and O–H groups in total. The van der Waals surface area contributed by atoms with E-state index in [4.69, 9.17) is 16.3 Å². The average Bonchev–Trinajstić information content (AvgIpc) is 2.86. The van der Waals surface area contributed by atoms with Crippen LogP contribution in [0.5, 0.6) is 5.75 Å². The monoisotopic (exact) mass is 384 g/mol. The molecule has 0 saturated carbocycles. The summed E-state index contributed by atoms with van der Waals surface area (Å²) in [5.74, 6) is -0.159. The van der Waals surface area contributed by atoms with Crippen LogP contribution in [0.3, 0.4) is 0 Å². The zero-order valence-corrected chi connectivity index (χ0v) is 16.4. The minimum atomic E-state index is -0.368. The molecule has 0 radical (unpaired) electrons. The lowest BCUT2D eigenvalue weighted by Crippen LogP contribution is -2.38. The lowest BCUT2D eigenvalue weighted by molar-refractivity contribution is -0.138. The van der Waals surface area contributed by atoms with Crippen molar-refractivity contribution in [3.8, 4) is 5.75 Å². The molecule has 1 aliphatic rings. The molecule has 6 heteroatoms. The summed E-state index contributed by atoms with van der Waals surface area (Å²) in [5, 5.41) is 3.58. The number of aryl methyl sites for hydroxylation is 1. The van der Waals surface area contributed by atoms with Crippen LogP contribution in [0.2, 0.25) is 5.02 Å². The summed E-state index contributed by atoms with van der Waals surface area (Å²) in [7, 11) is 1.53. The van der Waals surface area contributed by atoms with Gasteiger partial charge in [-0.05, 0) is 44.5 Å². The quantitative estimate of drug-likeness (QED) is 0.782. The zero-order valence-electron chi connectivity index (χ0n) is 15.7. The number of rotatable bonds is 5. The van der Waals surface area contributed by atoms with E-state index in [9.17, 15) is 9.59 Å². The number of ether oxygens (including phenoxy) is 1. The third-order valence-corrected chi connectivity index (χ3v) is 4.63. The maximum atomic E-state index is 13.0.